The molecule has 0 aliphatic carbocycles. The van der Waals surface area contributed by atoms with Gasteiger partial charge in [0.1, 0.15) is 11.2 Å². The van der Waals surface area contributed by atoms with E-state index in [4.69, 9.17) is 7.16 Å². The maximum atomic E-state index is 8.34. The second kappa shape index (κ2) is 9.44. The standard InChI is InChI=1S/C42H26O/c1-2-11-30-26-31(25-20-27(30)10-1)41-35-14-5-3-12-33(35)40(34-13-4-6-15-36(34)41)29-23-21-28(22-24-29)32-17-9-19-39-42(32)37-16-7-8-18-38(37)43-39/h1-26H/i1D,18D. The predicted octanol–water partition coefficient (Wildman–Crippen LogP) is 12.0. The first kappa shape index (κ1) is 22.0. The van der Waals surface area contributed by atoms with E-state index in [0.717, 1.165) is 43.8 Å². The molecule has 43 heavy (non-hydrogen) atoms. The lowest BCUT2D eigenvalue weighted by molar-refractivity contribution is 0.669. The molecule has 0 unspecified atom stereocenters. The first-order valence-corrected chi connectivity index (χ1v) is 14.6. The summed E-state index contributed by atoms with van der Waals surface area (Å²) in [6.07, 6.45) is 0. The van der Waals surface area contributed by atoms with E-state index in [1.54, 1.807) is 6.07 Å². The number of hydrogen-bond donors (Lipinski definition) is 0. The first-order valence-electron chi connectivity index (χ1n) is 15.6. The predicted molar refractivity (Wildman–Crippen MR) is 183 cm³/mol. The monoisotopic (exact) mass is 548 g/mol. The van der Waals surface area contributed by atoms with Gasteiger partial charge in [0.05, 0.1) is 2.74 Å². The molecule has 1 heterocycles. The van der Waals surface area contributed by atoms with Crippen molar-refractivity contribution in [3.8, 4) is 33.4 Å². The number of rotatable bonds is 3. The highest BCUT2D eigenvalue weighted by molar-refractivity contribution is 6.22. The quantitative estimate of drug-likeness (QED) is 0.200. The molecule has 1 aromatic heterocycles. The third-order valence-corrected chi connectivity index (χ3v) is 8.72. The molecule has 0 spiro atoms. The Balaban J connectivity index is 1.25. The molecule has 8 aromatic carbocycles. The molecular formula is C42H26O. The molecule has 0 amide bonds. The highest BCUT2D eigenvalue weighted by Gasteiger charge is 2.17. The number of hydrogen-bond acceptors (Lipinski definition) is 1. The Hall–Kier alpha value is -5.66. The summed E-state index contributed by atoms with van der Waals surface area (Å²) in [6.45, 7) is 0. The Bertz CT molecular complexity index is 2550. The Morgan fingerprint density at radius 1 is 0.419 bits per heavy atom. The van der Waals surface area contributed by atoms with Crippen molar-refractivity contribution in [3.63, 3.8) is 0 Å². The van der Waals surface area contributed by atoms with Crippen LogP contribution in [0.4, 0.5) is 0 Å². The number of furan rings is 1. The fourth-order valence-corrected chi connectivity index (χ4v) is 6.80. The number of fused-ring (bicyclic) bond motifs is 6. The molecule has 0 fully saturated rings. The van der Waals surface area contributed by atoms with Crippen molar-refractivity contribution in [2.75, 3.05) is 0 Å². The summed E-state index contributed by atoms with van der Waals surface area (Å²) in [6, 6.07) is 51.5. The molecule has 1 nitrogen and oxygen atoms in total. The molecule has 0 N–H and O–H groups in total. The summed E-state index contributed by atoms with van der Waals surface area (Å²) in [5.74, 6) is 0. The van der Waals surface area contributed by atoms with Crippen LogP contribution in [0.25, 0.3) is 87.6 Å². The highest BCUT2D eigenvalue weighted by Crippen LogP contribution is 2.45. The summed E-state index contributed by atoms with van der Waals surface area (Å²) in [5.41, 5.74) is 8.42. The van der Waals surface area contributed by atoms with E-state index in [1.807, 2.05) is 42.5 Å². The van der Waals surface area contributed by atoms with Gasteiger partial charge in [-0.25, -0.2) is 0 Å². The van der Waals surface area contributed by atoms with Gasteiger partial charge in [-0.1, -0.05) is 140 Å². The fourth-order valence-electron chi connectivity index (χ4n) is 6.80. The van der Waals surface area contributed by atoms with Gasteiger partial charge in [0, 0.05) is 10.8 Å². The van der Waals surface area contributed by atoms with Gasteiger partial charge in [-0.05, 0) is 83.9 Å². The van der Waals surface area contributed by atoms with Crippen molar-refractivity contribution in [2.24, 2.45) is 0 Å². The fraction of sp³-hybridized carbons (Fsp3) is 0. The van der Waals surface area contributed by atoms with Gasteiger partial charge < -0.3 is 4.42 Å². The van der Waals surface area contributed by atoms with Gasteiger partial charge >= 0.3 is 0 Å². The lowest BCUT2D eigenvalue weighted by Crippen LogP contribution is -1.91. The molecule has 0 atom stereocenters. The zero-order valence-corrected chi connectivity index (χ0v) is 23.3. The van der Waals surface area contributed by atoms with Gasteiger partial charge in [-0.3, -0.25) is 0 Å². The van der Waals surface area contributed by atoms with Crippen molar-refractivity contribution in [3.05, 3.63) is 158 Å². The van der Waals surface area contributed by atoms with E-state index in [0.29, 0.717) is 17.7 Å². The average Bonchev–Trinajstić information content (AvgIpc) is 3.47. The lowest BCUT2D eigenvalue weighted by atomic mass is 9.85. The zero-order valence-electron chi connectivity index (χ0n) is 25.3. The van der Waals surface area contributed by atoms with Gasteiger partial charge in [0.2, 0.25) is 0 Å². The highest BCUT2D eigenvalue weighted by atomic mass is 16.3. The third-order valence-electron chi connectivity index (χ3n) is 8.72. The molecule has 0 radical (unpaired) electrons. The summed E-state index contributed by atoms with van der Waals surface area (Å²) >= 11 is 0. The number of benzene rings is 8. The van der Waals surface area contributed by atoms with Crippen LogP contribution in [0.3, 0.4) is 0 Å². The van der Waals surface area contributed by atoms with E-state index in [9.17, 15) is 0 Å². The summed E-state index contributed by atoms with van der Waals surface area (Å²) < 4.78 is 22.5. The van der Waals surface area contributed by atoms with Crippen LogP contribution < -0.4 is 0 Å². The minimum atomic E-state index is 0.401. The molecule has 0 aliphatic heterocycles. The van der Waals surface area contributed by atoms with Crippen LogP contribution in [0.15, 0.2) is 162 Å². The minimum Gasteiger partial charge on any atom is -0.456 e. The Kier molecular flexibility index (Phi) is 4.83. The van der Waals surface area contributed by atoms with Crippen LogP contribution in [0, 0.1) is 0 Å². The van der Waals surface area contributed by atoms with Gasteiger partial charge in [-0.2, -0.15) is 0 Å². The average molecular weight is 549 g/mol. The topological polar surface area (TPSA) is 13.1 Å². The largest absolute Gasteiger partial charge is 0.456 e. The van der Waals surface area contributed by atoms with Gasteiger partial charge in [0.15, 0.2) is 0 Å². The zero-order chi connectivity index (χ0) is 30.1. The Labute approximate surface area is 252 Å². The second-order valence-electron chi connectivity index (χ2n) is 11.1. The van der Waals surface area contributed by atoms with Crippen LogP contribution in [0.5, 0.6) is 0 Å². The summed E-state index contributed by atoms with van der Waals surface area (Å²) in [4.78, 5) is 0. The SMILES string of the molecule is [2H]c1ccc2cc(-c3c4ccccc4c(-c4ccc(-c5cccc6oc7c([2H])cccc7c56)cc4)c4ccccc34)ccc2c1. The molecule has 0 saturated carbocycles. The molecule has 200 valence electrons. The van der Waals surface area contributed by atoms with Crippen molar-refractivity contribution >= 4 is 54.3 Å². The van der Waals surface area contributed by atoms with Crippen LogP contribution >= 0.6 is 0 Å². The van der Waals surface area contributed by atoms with E-state index in [-0.39, 0.29) is 0 Å². The van der Waals surface area contributed by atoms with E-state index < -0.39 is 0 Å². The van der Waals surface area contributed by atoms with Crippen molar-refractivity contribution in [1.82, 2.24) is 0 Å². The lowest BCUT2D eigenvalue weighted by Gasteiger charge is -2.18. The maximum Gasteiger partial charge on any atom is 0.136 e. The number of para-hydroxylation sites is 1. The molecule has 0 bridgehead atoms. The first-order chi connectivity index (χ1) is 22.1. The molecule has 1 heteroatoms. The van der Waals surface area contributed by atoms with E-state index in [2.05, 4.69) is 97.1 Å². The molecular weight excluding hydrogens is 520 g/mol. The van der Waals surface area contributed by atoms with E-state index >= 15 is 0 Å². The Morgan fingerprint density at radius 3 is 1.79 bits per heavy atom. The third kappa shape index (κ3) is 3.72. The summed E-state index contributed by atoms with van der Waals surface area (Å²) in [5, 5.41) is 9.09. The van der Waals surface area contributed by atoms with Crippen molar-refractivity contribution in [1.29, 1.82) is 0 Å². The molecule has 9 aromatic rings. The maximum absolute atomic E-state index is 8.34. The van der Waals surface area contributed by atoms with Crippen LogP contribution in [0.2, 0.25) is 0 Å². The van der Waals surface area contributed by atoms with Crippen molar-refractivity contribution < 1.29 is 7.16 Å². The van der Waals surface area contributed by atoms with Crippen LogP contribution in [-0.2, 0) is 0 Å². The minimum absolute atomic E-state index is 0.401. The van der Waals surface area contributed by atoms with Crippen LogP contribution in [-0.4, -0.2) is 0 Å². The normalized spacial score (nSPS) is 12.4. The molecule has 0 aliphatic rings. The van der Waals surface area contributed by atoms with E-state index in [1.165, 1.54) is 38.2 Å². The van der Waals surface area contributed by atoms with Gasteiger partial charge in [-0.15, -0.1) is 0 Å². The van der Waals surface area contributed by atoms with Crippen molar-refractivity contribution in [2.45, 2.75) is 0 Å². The molecule has 0 saturated heterocycles. The van der Waals surface area contributed by atoms with Crippen LogP contribution in [0.1, 0.15) is 2.74 Å². The van der Waals surface area contributed by atoms with Gasteiger partial charge in [0.25, 0.3) is 0 Å². The molecule has 9 rings (SSSR count). The second-order valence-corrected chi connectivity index (χ2v) is 11.1. The Morgan fingerprint density at radius 2 is 1.05 bits per heavy atom. The summed E-state index contributed by atoms with van der Waals surface area (Å²) in [7, 11) is 0. The smallest absolute Gasteiger partial charge is 0.136 e.